The van der Waals surface area contributed by atoms with Gasteiger partial charge in [-0.25, -0.2) is 0 Å². The second-order valence-electron chi connectivity index (χ2n) is 7.11. The number of amides is 1. The number of carbonyl (C=O) groups excluding carboxylic acids is 2. The lowest BCUT2D eigenvalue weighted by Gasteiger charge is -2.17. The Morgan fingerprint density at radius 3 is 2.34 bits per heavy atom. The summed E-state index contributed by atoms with van der Waals surface area (Å²) < 4.78 is 0. The number of nitrogens with one attached hydrogen (secondary N) is 3. The molecule has 2 aromatic carbocycles. The fraction of sp³-hybridized carbons (Fsp3) is 0.217. The minimum atomic E-state index is -0.312. The average Bonchev–Trinajstić information content (AvgIpc) is 2.99. The zero-order valence-corrected chi connectivity index (χ0v) is 17.6. The van der Waals surface area contributed by atoms with Crippen LogP contribution in [0.15, 0.2) is 48.5 Å². The van der Waals surface area contributed by atoms with E-state index in [4.69, 9.17) is 11.6 Å². The molecule has 0 saturated carbocycles. The van der Waals surface area contributed by atoms with Crippen LogP contribution < -0.4 is 10.6 Å². The van der Waals surface area contributed by atoms with E-state index in [1.165, 1.54) is 6.92 Å². The SMILES string of the molecule is CC(=O)c1c(C)[nH]c(C(=O)Nc2ccc(NC(C)c3ccccc3)c(Cl)c2)c1C. The predicted molar refractivity (Wildman–Crippen MR) is 118 cm³/mol. The van der Waals surface area contributed by atoms with Gasteiger partial charge in [0.25, 0.3) is 5.91 Å². The Labute approximate surface area is 175 Å². The molecule has 6 heteroatoms. The Balaban J connectivity index is 1.75. The topological polar surface area (TPSA) is 74.0 Å². The van der Waals surface area contributed by atoms with Gasteiger partial charge in [-0.3, -0.25) is 9.59 Å². The van der Waals surface area contributed by atoms with Gasteiger partial charge in [0.2, 0.25) is 0 Å². The molecule has 1 aromatic heterocycles. The van der Waals surface area contributed by atoms with Crippen molar-refractivity contribution in [3.8, 4) is 0 Å². The van der Waals surface area contributed by atoms with Crippen LogP contribution in [0.3, 0.4) is 0 Å². The maximum absolute atomic E-state index is 12.7. The molecule has 0 fully saturated rings. The van der Waals surface area contributed by atoms with E-state index in [-0.39, 0.29) is 17.7 Å². The van der Waals surface area contributed by atoms with Gasteiger partial charge in [-0.05, 0) is 57.0 Å². The highest BCUT2D eigenvalue weighted by Crippen LogP contribution is 2.29. The second kappa shape index (κ2) is 8.53. The number of H-pyrrole nitrogens is 1. The molecule has 150 valence electrons. The van der Waals surface area contributed by atoms with Crippen molar-refractivity contribution in [2.24, 2.45) is 0 Å². The van der Waals surface area contributed by atoms with Crippen molar-refractivity contribution in [3.63, 3.8) is 0 Å². The monoisotopic (exact) mass is 409 g/mol. The Morgan fingerprint density at radius 2 is 1.76 bits per heavy atom. The lowest BCUT2D eigenvalue weighted by Crippen LogP contribution is -2.14. The third-order valence-electron chi connectivity index (χ3n) is 4.92. The Morgan fingerprint density at radius 1 is 1.07 bits per heavy atom. The van der Waals surface area contributed by atoms with Crippen LogP contribution in [0.25, 0.3) is 0 Å². The molecule has 0 bridgehead atoms. The Kier molecular flexibility index (Phi) is 6.09. The first-order valence-electron chi connectivity index (χ1n) is 9.40. The van der Waals surface area contributed by atoms with Crippen LogP contribution >= 0.6 is 11.6 Å². The number of aromatic amines is 1. The van der Waals surface area contributed by atoms with Crippen molar-refractivity contribution in [2.45, 2.75) is 33.7 Å². The highest BCUT2D eigenvalue weighted by atomic mass is 35.5. The molecule has 29 heavy (non-hydrogen) atoms. The summed E-state index contributed by atoms with van der Waals surface area (Å²) in [5, 5.41) is 6.73. The van der Waals surface area contributed by atoms with Crippen LogP contribution in [0, 0.1) is 13.8 Å². The van der Waals surface area contributed by atoms with Crippen LogP contribution in [-0.2, 0) is 0 Å². The van der Waals surface area contributed by atoms with Crippen molar-refractivity contribution in [1.29, 1.82) is 0 Å². The summed E-state index contributed by atoms with van der Waals surface area (Å²) in [7, 11) is 0. The molecule has 1 unspecified atom stereocenters. The summed E-state index contributed by atoms with van der Waals surface area (Å²) in [4.78, 5) is 27.5. The molecule has 3 N–H and O–H groups in total. The number of Topliss-reactive ketones (excluding diaryl/α,β-unsaturated/α-hetero) is 1. The molecular weight excluding hydrogens is 386 g/mol. The van der Waals surface area contributed by atoms with E-state index in [2.05, 4.69) is 34.7 Å². The summed E-state index contributed by atoms with van der Waals surface area (Å²) in [6.07, 6.45) is 0. The number of anilines is 2. The molecule has 0 aliphatic carbocycles. The first-order valence-corrected chi connectivity index (χ1v) is 9.78. The van der Waals surface area contributed by atoms with Gasteiger partial charge in [-0.1, -0.05) is 41.9 Å². The van der Waals surface area contributed by atoms with E-state index in [1.807, 2.05) is 24.3 Å². The van der Waals surface area contributed by atoms with Gasteiger partial charge in [-0.2, -0.15) is 0 Å². The van der Waals surface area contributed by atoms with Gasteiger partial charge in [-0.15, -0.1) is 0 Å². The first-order chi connectivity index (χ1) is 13.8. The molecular formula is C23H24ClN3O2. The smallest absolute Gasteiger partial charge is 0.272 e. The molecule has 1 amide bonds. The molecule has 0 aliphatic heterocycles. The molecule has 0 radical (unpaired) electrons. The summed E-state index contributed by atoms with van der Waals surface area (Å²) in [6, 6.07) is 15.5. The van der Waals surface area contributed by atoms with Crippen molar-refractivity contribution in [3.05, 3.63) is 81.6 Å². The summed E-state index contributed by atoms with van der Waals surface area (Å²) >= 11 is 6.43. The zero-order chi connectivity index (χ0) is 21.1. The number of benzene rings is 2. The molecule has 5 nitrogen and oxygen atoms in total. The molecule has 3 rings (SSSR count). The molecule has 0 spiro atoms. The maximum atomic E-state index is 12.7. The number of rotatable bonds is 6. The molecule has 3 aromatic rings. The highest BCUT2D eigenvalue weighted by molar-refractivity contribution is 6.33. The van der Waals surface area contributed by atoms with Crippen LogP contribution in [0.1, 0.15) is 57.6 Å². The van der Waals surface area contributed by atoms with E-state index in [1.54, 1.807) is 26.0 Å². The summed E-state index contributed by atoms with van der Waals surface area (Å²) in [5.41, 5.74) is 4.79. The largest absolute Gasteiger partial charge is 0.377 e. The van der Waals surface area contributed by atoms with Crippen molar-refractivity contribution >= 4 is 34.7 Å². The first kappa shape index (κ1) is 20.7. The summed E-state index contributed by atoms with van der Waals surface area (Å²) in [5.74, 6) is -0.381. The number of hydrogen-bond acceptors (Lipinski definition) is 3. The minimum absolute atomic E-state index is 0.0682. The number of ketones is 1. The minimum Gasteiger partial charge on any atom is -0.377 e. The van der Waals surface area contributed by atoms with Gasteiger partial charge in [0, 0.05) is 23.0 Å². The molecule has 1 atom stereocenters. The van der Waals surface area contributed by atoms with Crippen LogP contribution in [0.5, 0.6) is 0 Å². The van der Waals surface area contributed by atoms with Gasteiger partial charge < -0.3 is 15.6 Å². The van der Waals surface area contributed by atoms with Gasteiger partial charge in [0.1, 0.15) is 5.69 Å². The van der Waals surface area contributed by atoms with Crippen LogP contribution in [-0.4, -0.2) is 16.7 Å². The lowest BCUT2D eigenvalue weighted by atomic mass is 10.1. The number of hydrogen-bond donors (Lipinski definition) is 3. The van der Waals surface area contributed by atoms with Gasteiger partial charge >= 0.3 is 0 Å². The predicted octanol–water partition coefficient (Wildman–Crippen LogP) is 5.91. The standard InChI is InChI=1S/C23H24ClN3O2/c1-13-21(16(4)28)15(3)26-22(13)23(29)27-18-10-11-20(19(24)12-18)25-14(2)17-8-6-5-7-9-17/h5-12,14,25-26H,1-4H3,(H,27,29). The molecule has 0 aliphatic rings. The fourth-order valence-electron chi connectivity index (χ4n) is 3.47. The third kappa shape index (κ3) is 4.51. The number of aromatic nitrogens is 1. The van der Waals surface area contributed by atoms with E-state index in [0.29, 0.717) is 33.2 Å². The normalized spacial score (nSPS) is 11.8. The highest BCUT2D eigenvalue weighted by Gasteiger charge is 2.20. The average molecular weight is 410 g/mol. The van der Waals surface area contributed by atoms with Gasteiger partial charge in [0.15, 0.2) is 5.78 Å². The number of aryl methyl sites for hydroxylation is 1. The van der Waals surface area contributed by atoms with E-state index < -0.39 is 0 Å². The third-order valence-corrected chi connectivity index (χ3v) is 5.23. The number of carbonyl (C=O) groups is 2. The van der Waals surface area contributed by atoms with Crippen molar-refractivity contribution in [2.75, 3.05) is 10.6 Å². The van der Waals surface area contributed by atoms with Gasteiger partial charge in [0.05, 0.1) is 10.7 Å². The quantitative estimate of drug-likeness (QED) is 0.443. The molecule has 1 heterocycles. The zero-order valence-electron chi connectivity index (χ0n) is 16.9. The van der Waals surface area contributed by atoms with E-state index >= 15 is 0 Å². The van der Waals surface area contributed by atoms with E-state index in [9.17, 15) is 9.59 Å². The lowest BCUT2D eigenvalue weighted by molar-refractivity contribution is 0.101. The Bertz CT molecular complexity index is 1060. The van der Waals surface area contributed by atoms with Crippen molar-refractivity contribution in [1.82, 2.24) is 4.98 Å². The fourth-order valence-corrected chi connectivity index (χ4v) is 3.70. The molecule has 0 saturated heterocycles. The van der Waals surface area contributed by atoms with Crippen LogP contribution in [0.2, 0.25) is 5.02 Å². The second-order valence-corrected chi connectivity index (χ2v) is 7.51. The Hall–Kier alpha value is -3.05. The maximum Gasteiger partial charge on any atom is 0.272 e. The summed E-state index contributed by atoms with van der Waals surface area (Å²) in [6.45, 7) is 7.10. The van der Waals surface area contributed by atoms with E-state index in [0.717, 1.165) is 11.3 Å². The van der Waals surface area contributed by atoms with Crippen LogP contribution in [0.4, 0.5) is 11.4 Å². The number of halogens is 1. The van der Waals surface area contributed by atoms with Crippen molar-refractivity contribution < 1.29 is 9.59 Å².